The second kappa shape index (κ2) is 5.13. The molecule has 8 heteroatoms. The van der Waals surface area contributed by atoms with Gasteiger partial charge in [0.1, 0.15) is 29.9 Å². The molecule has 0 unspecified atom stereocenters. The van der Waals surface area contributed by atoms with E-state index in [9.17, 15) is 10.2 Å². The van der Waals surface area contributed by atoms with Gasteiger partial charge in [-0.2, -0.15) is 0 Å². The van der Waals surface area contributed by atoms with E-state index in [1.165, 1.54) is 0 Å². The third-order valence-electron chi connectivity index (χ3n) is 3.63. The molecule has 8 nitrogen and oxygen atoms in total. The number of nitrogens with one attached hydrogen (secondary N) is 1. The van der Waals surface area contributed by atoms with Crippen molar-refractivity contribution in [2.75, 3.05) is 18.5 Å². The molecule has 0 aliphatic carbocycles. The predicted molar refractivity (Wildman–Crippen MR) is 70.4 cm³/mol. The van der Waals surface area contributed by atoms with Crippen LogP contribution in [0.25, 0.3) is 0 Å². The molecule has 4 atom stereocenters. The van der Waals surface area contributed by atoms with Gasteiger partial charge in [-0.3, -0.25) is 9.56 Å². The maximum atomic E-state index is 10.0. The number of anilines is 1. The van der Waals surface area contributed by atoms with E-state index in [1.54, 1.807) is 17.8 Å². The lowest BCUT2D eigenvalue weighted by atomic mass is 10.2. The van der Waals surface area contributed by atoms with Crippen molar-refractivity contribution < 1.29 is 20.1 Å². The second-order valence-electron chi connectivity index (χ2n) is 5.07. The van der Waals surface area contributed by atoms with Crippen LogP contribution in [0.1, 0.15) is 31.4 Å². The summed E-state index contributed by atoms with van der Waals surface area (Å²) in [6.07, 6.45) is -0.573. The van der Waals surface area contributed by atoms with E-state index < -0.39 is 24.5 Å². The van der Waals surface area contributed by atoms with Gasteiger partial charge in [-0.1, -0.05) is 0 Å². The fraction of sp³-hybridized carbons (Fsp3) is 0.667. The first-order chi connectivity index (χ1) is 9.60. The highest BCUT2D eigenvalue weighted by atomic mass is 16.5. The lowest BCUT2D eigenvalue weighted by Gasteiger charge is -2.17. The normalized spacial score (nSPS) is 33.3. The van der Waals surface area contributed by atoms with E-state index in [0.717, 1.165) is 0 Å². The van der Waals surface area contributed by atoms with Crippen LogP contribution >= 0.6 is 0 Å². The van der Waals surface area contributed by atoms with E-state index in [0.29, 0.717) is 23.8 Å². The summed E-state index contributed by atoms with van der Waals surface area (Å²) in [6.45, 7) is 1.83. The summed E-state index contributed by atoms with van der Waals surface area (Å²) in [5.74, 6) is 1.30. The Morgan fingerprint density at radius 2 is 2.30 bits per heavy atom. The first kappa shape index (κ1) is 13.5. The number of fused-ring (bicyclic) bond motifs is 1. The Labute approximate surface area is 115 Å². The number of aromatic nitrogens is 2. The molecule has 1 fully saturated rings. The zero-order valence-corrected chi connectivity index (χ0v) is 11.1. The van der Waals surface area contributed by atoms with Crippen LogP contribution in [0.15, 0.2) is 11.3 Å². The van der Waals surface area contributed by atoms with Gasteiger partial charge >= 0.3 is 0 Å². The summed E-state index contributed by atoms with van der Waals surface area (Å²) in [6, 6.07) is 0. The molecule has 4 N–H and O–H groups in total. The highest BCUT2D eigenvalue weighted by Crippen LogP contribution is 2.34. The van der Waals surface area contributed by atoms with Crippen LogP contribution < -0.4 is 5.32 Å². The Morgan fingerprint density at radius 1 is 1.50 bits per heavy atom. The van der Waals surface area contributed by atoms with E-state index in [1.807, 2.05) is 0 Å². The minimum Gasteiger partial charge on any atom is -0.394 e. The van der Waals surface area contributed by atoms with Crippen molar-refractivity contribution in [1.29, 1.82) is 0 Å². The highest BCUT2D eigenvalue weighted by Gasteiger charge is 2.36. The lowest BCUT2D eigenvalue weighted by molar-refractivity contribution is -0.0437. The third kappa shape index (κ3) is 2.20. The molecule has 20 heavy (non-hydrogen) atoms. The summed E-state index contributed by atoms with van der Waals surface area (Å²) < 4.78 is 7.33. The van der Waals surface area contributed by atoms with Crippen molar-refractivity contribution in [2.24, 2.45) is 4.99 Å². The van der Waals surface area contributed by atoms with Gasteiger partial charge in [0.25, 0.3) is 0 Å². The van der Waals surface area contributed by atoms with Gasteiger partial charge in [0.05, 0.1) is 31.4 Å². The number of rotatable bonds is 2. The lowest BCUT2D eigenvalue weighted by Crippen LogP contribution is -2.24. The zero-order chi connectivity index (χ0) is 14.3. The fourth-order valence-electron chi connectivity index (χ4n) is 2.54. The van der Waals surface area contributed by atoms with Crippen LogP contribution in [0.4, 0.5) is 5.82 Å². The van der Waals surface area contributed by atoms with E-state index >= 15 is 0 Å². The number of aliphatic hydroxyl groups excluding tert-OH is 3. The zero-order valence-electron chi connectivity index (χ0n) is 11.1. The molecule has 0 radical (unpaired) electrons. The Balaban J connectivity index is 1.91. The first-order valence-electron chi connectivity index (χ1n) is 6.57. The number of nitrogens with zero attached hydrogens (tertiary/aromatic N) is 3. The minimum absolute atomic E-state index is 0.231. The summed E-state index contributed by atoms with van der Waals surface area (Å²) in [5, 5.41) is 32.0. The van der Waals surface area contributed by atoms with Crippen molar-refractivity contribution in [3.05, 3.63) is 12.0 Å². The second-order valence-corrected chi connectivity index (χ2v) is 5.07. The molecule has 0 amide bonds. The Morgan fingerprint density at radius 3 is 3.00 bits per heavy atom. The molecule has 3 rings (SSSR count). The van der Waals surface area contributed by atoms with Crippen LogP contribution in [0.2, 0.25) is 0 Å². The largest absolute Gasteiger partial charge is 0.394 e. The van der Waals surface area contributed by atoms with Gasteiger partial charge in [-0.25, -0.2) is 4.98 Å². The van der Waals surface area contributed by atoms with Gasteiger partial charge in [0, 0.05) is 6.42 Å². The third-order valence-corrected chi connectivity index (χ3v) is 3.63. The number of amidine groups is 1. The molecule has 0 bridgehead atoms. The monoisotopic (exact) mass is 282 g/mol. The molecule has 3 heterocycles. The molecule has 0 saturated carbocycles. The van der Waals surface area contributed by atoms with E-state index in [2.05, 4.69) is 15.3 Å². The first-order valence-corrected chi connectivity index (χ1v) is 6.57. The number of hydrogen-bond acceptors (Lipinski definition) is 7. The van der Waals surface area contributed by atoms with Crippen molar-refractivity contribution in [2.45, 2.75) is 37.9 Å². The molecule has 1 saturated heterocycles. The molecule has 2 aliphatic rings. The summed E-state index contributed by atoms with van der Waals surface area (Å²) in [7, 11) is 0. The summed E-state index contributed by atoms with van der Waals surface area (Å²) in [4.78, 5) is 8.38. The maximum Gasteiger partial charge on any atom is 0.139 e. The topological polar surface area (TPSA) is 112 Å². The Hall–Kier alpha value is -1.48. The van der Waals surface area contributed by atoms with Gasteiger partial charge < -0.3 is 25.4 Å². The summed E-state index contributed by atoms with van der Waals surface area (Å²) in [5.41, 5.74) is 0.510. The molecule has 1 aromatic rings. The van der Waals surface area contributed by atoms with Crippen molar-refractivity contribution >= 4 is 11.7 Å². The molecule has 2 aliphatic heterocycles. The number of hydrogen-bond donors (Lipinski definition) is 4. The van der Waals surface area contributed by atoms with Crippen LogP contribution in [-0.4, -0.2) is 56.1 Å². The number of aliphatic imine (C=N–C) groups is 1. The number of ether oxygens (including phenoxy) is 1. The van der Waals surface area contributed by atoms with Crippen LogP contribution in [0, 0.1) is 0 Å². The van der Waals surface area contributed by atoms with Gasteiger partial charge in [0.2, 0.25) is 0 Å². The molecule has 0 aromatic carbocycles. The highest BCUT2D eigenvalue weighted by molar-refractivity contribution is 5.93. The van der Waals surface area contributed by atoms with Crippen LogP contribution in [-0.2, 0) is 4.74 Å². The maximum absolute atomic E-state index is 10.0. The van der Waals surface area contributed by atoms with Crippen LogP contribution in [0.5, 0.6) is 0 Å². The molecular weight excluding hydrogens is 264 g/mol. The SMILES string of the molecule is CC1=NC[C@@H](O)c2ncn([C@H]3C[C@@H](O)[C@@H](CO)O3)c2N1. The minimum atomic E-state index is -0.767. The number of imidazole rings is 1. The molecule has 1 aromatic heterocycles. The van der Waals surface area contributed by atoms with E-state index in [4.69, 9.17) is 9.84 Å². The molecule has 110 valence electrons. The predicted octanol–water partition coefficient (Wildman–Crippen LogP) is -0.599. The Bertz CT molecular complexity index is 530. The van der Waals surface area contributed by atoms with Gasteiger partial charge in [0.15, 0.2) is 0 Å². The van der Waals surface area contributed by atoms with E-state index in [-0.39, 0.29) is 13.2 Å². The smallest absolute Gasteiger partial charge is 0.139 e. The quantitative estimate of drug-likeness (QED) is 0.576. The average molecular weight is 282 g/mol. The molecule has 0 spiro atoms. The Kier molecular flexibility index (Phi) is 3.47. The average Bonchev–Trinajstić information content (AvgIpc) is 2.96. The summed E-state index contributed by atoms with van der Waals surface area (Å²) >= 11 is 0. The van der Waals surface area contributed by atoms with Crippen molar-refractivity contribution in [1.82, 2.24) is 9.55 Å². The fourth-order valence-corrected chi connectivity index (χ4v) is 2.54. The number of aliphatic hydroxyl groups is 3. The molecular formula is C12H18N4O4. The van der Waals surface area contributed by atoms with Crippen molar-refractivity contribution in [3.63, 3.8) is 0 Å². The van der Waals surface area contributed by atoms with Crippen LogP contribution in [0.3, 0.4) is 0 Å². The van der Waals surface area contributed by atoms with Crippen molar-refractivity contribution in [3.8, 4) is 0 Å². The van der Waals surface area contributed by atoms with Gasteiger partial charge in [-0.05, 0) is 6.92 Å². The standard InChI is InChI=1S/C12H18N4O4/c1-6-13-3-8(19)11-12(15-6)16(5-14-11)10-2-7(18)9(4-17)20-10/h5,7-10,17-19H,2-4H2,1H3,(H,13,15)/t7-,8-,9-,10-/m1/s1. The van der Waals surface area contributed by atoms with Gasteiger partial charge in [-0.15, -0.1) is 0 Å².